The maximum atomic E-state index is 6.18. The number of nitrogens with one attached hydrogen (secondary N) is 1. The van der Waals surface area contributed by atoms with Crippen molar-refractivity contribution in [3.8, 4) is 17.2 Å². The SMILES string of the molecule is CCc1ccc(-n2c(C)cc(C3C(c4ccccn4)NC(=S)N3c3ccc(Oc4ccccc4C)cc3)c2C)cc1. The first-order chi connectivity index (χ1) is 19.9. The predicted molar refractivity (Wildman–Crippen MR) is 170 cm³/mol. The van der Waals surface area contributed by atoms with Gasteiger partial charge in [0.2, 0.25) is 0 Å². The number of para-hydroxylation sites is 1. The molecule has 3 aromatic carbocycles. The van der Waals surface area contributed by atoms with Gasteiger partial charge in [-0.25, -0.2) is 0 Å². The molecule has 3 heterocycles. The molecule has 0 saturated carbocycles. The molecule has 0 radical (unpaired) electrons. The summed E-state index contributed by atoms with van der Waals surface area (Å²) in [6.45, 7) is 8.60. The average Bonchev–Trinajstić information content (AvgIpc) is 3.49. The van der Waals surface area contributed by atoms with Gasteiger partial charge in [0.25, 0.3) is 0 Å². The average molecular weight is 559 g/mol. The van der Waals surface area contributed by atoms with Crippen LogP contribution in [0.1, 0.15) is 52.8 Å². The molecule has 5 nitrogen and oxygen atoms in total. The van der Waals surface area contributed by atoms with E-state index in [9.17, 15) is 0 Å². The lowest BCUT2D eigenvalue weighted by molar-refractivity contribution is 0.479. The third-order valence-corrected chi connectivity index (χ3v) is 8.24. The zero-order valence-electron chi connectivity index (χ0n) is 23.8. The zero-order valence-corrected chi connectivity index (χ0v) is 24.7. The summed E-state index contributed by atoms with van der Waals surface area (Å²) in [5.41, 5.74) is 9.13. The molecule has 2 unspecified atom stereocenters. The van der Waals surface area contributed by atoms with Crippen LogP contribution in [0.4, 0.5) is 5.69 Å². The van der Waals surface area contributed by atoms with Crippen molar-refractivity contribution in [3.63, 3.8) is 0 Å². The third-order valence-electron chi connectivity index (χ3n) is 7.93. The van der Waals surface area contributed by atoms with Crippen LogP contribution in [0.25, 0.3) is 5.69 Å². The number of rotatable bonds is 7. The van der Waals surface area contributed by atoms with Crippen molar-refractivity contribution in [1.82, 2.24) is 14.9 Å². The molecular weight excluding hydrogens is 524 g/mol. The number of anilines is 1. The monoisotopic (exact) mass is 558 g/mol. The van der Waals surface area contributed by atoms with Crippen molar-refractivity contribution >= 4 is 23.0 Å². The van der Waals surface area contributed by atoms with E-state index in [1.165, 1.54) is 22.5 Å². The van der Waals surface area contributed by atoms with Crippen LogP contribution in [0.15, 0.2) is 103 Å². The molecule has 1 saturated heterocycles. The van der Waals surface area contributed by atoms with Crippen LogP contribution in [-0.4, -0.2) is 14.7 Å². The summed E-state index contributed by atoms with van der Waals surface area (Å²) in [5.74, 6) is 1.64. The van der Waals surface area contributed by atoms with Crippen LogP contribution in [-0.2, 0) is 6.42 Å². The minimum Gasteiger partial charge on any atom is -0.457 e. The summed E-state index contributed by atoms with van der Waals surface area (Å²) in [7, 11) is 0. The number of hydrogen-bond acceptors (Lipinski definition) is 3. The van der Waals surface area contributed by atoms with E-state index in [1.54, 1.807) is 0 Å². The van der Waals surface area contributed by atoms with Gasteiger partial charge in [-0.1, -0.05) is 43.3 Å². The maximum Gasteiger partial charge on any atom is 0.174 e. The van der Waals surface area contributed by atoms with E-state index >= 15 is 0 Å². The normalized spacial score (nSPS) is 16.6. The largest absolute Gasteiger partial charge is 0.457 e. The van der Waals surface area contributed by atoms with E-state index in [1.807, 2.05) is 48.7 Å². The van der Waals surface area contributed by atoms with Gasteiger partial charge in [-0.3, -0.25) is 4.98 Å². The summed E-state index contributed by atoms with van der Waals surface area (Å²) in [4.78, 5) is 6.95. The van der Waals surface area contributed by atoms with Crippen LogP contribution < -0.4 is 15.0 Å². The predicted octanol–water partition coefficient (Wildman–Crippen LogP) is 8.33. The number of thiocarbonyl (C=S) groups is 1. The fraction of sp³-hybridized carbons (Fsp3) is 0.200. The number of pyridine rings is 1. The molecule has 0 spiro atoms. The molecule has 0 amide bonds. The summed E-state index contributed by atoms with van der Waals surface area (Å²) >= 11 is 5.98. The number of benzene rings is 3. The molecule has 41 heavy (non-hydrogen) atoms. The van der Waals surface area contributed by atoms with Gasteiger partial charge in [-0.05, 0) is 117 Å². The first kappa shape index (κ1) is 26.8. The summed E-state index contributed by atoms with van der Waals surface area (Å²) in [5, 5.41) is 4.27. The van der Waals surface area contributed by atoms with E-state index in [4.69, 9.17) is 21.9 Å². The van der Waals surface area contributed by atoms with Gasteiger partial charge in [0.1, 0.15) is 11.5 Å². The number of aromatic nitrogens is 2. The Bertz CT molecular complexity index is 1680. The Labute approximate surface area is 247 Å². The lowest BCUT2D eigenvalue weighted by Gasteiger charge is -2.28. The minimum atomic E-state index is -0.108. The van der Waals surface area contributed by atoms with Crippen molar-refractivity contribution in [3.05, 3.63) is 137 Å². The second-order valence-electron chi connectivity index (χ2n) is 10.5. The fourth-order valence-corrected chi connectivity index (χ4v) is 6.13. The first-order valence-electron chi connectivity index (χ1n) is 14.1. The van der Waals surface area contributed by atoms with Crippen LogP contribution in [0.2, 0.25) is 0 Å². The van der Waals surface area contributed by atoms with E-state index in [0.29, 0.717) is 5.11 Å². The Morgan fingerprint density at radius 2 is 1.56 bits per heavy atom. The lowest BCUT2D eigenvalue weighted by atomic mass is 9.96. The molecule has 1 aliphatic heterocycles. The standard InChI is InChI=1S/C35H34N4OS/c1-5-26-13-15-27(16-14-26)38-24(3)22-30(25(38)4)34-33(31-11-8-9-21-36-31)37-35(41)39(34)28-17-19-29(20-18-28)40-32-12-7-6-10-23(32)2/h6-22,33-34H,5H2,1-4H3,(H,37,41). The number of ether oxygens (including phenoxy) is 1. The van der Waals surface area contributed by atoms with Gasteiger partial charge >= 0.3 is 0 Å². The summed E-state index contributed by atoms with van der Waals surface area (Å²) in [6, 6.07) is 33.2. The highest BCUT2D eigenvalue weighted by Crippen LogP contribution is 2.44. The molecule has 5 aromatic rings. The fourth-order valence-electron chi connectivity index (χ4n) is 5.79. The molecule has 1 fully saturated rings. The topological polar surface area (TPSA) is 42.3 Å². The van der Waals surface area contributed by atoms with E-state index < -0.39 is 0 Å². The molecule has 206 valence electrons. The number of nitrogens with zero attached hydrogens (tertiary/aromatic N) is 3. The Balaban J connectivity index is 1.40. The van der Waals surface area contributed by atoms with Crippen molar-refractivity contribution in [1.29, 1.82) is 0 Å². The molecule has 1 aliphatic rings. The van der Waals surface area contributed by atoms with E-state index in [2.05, 4.69) is 97.1 Å². The highest BCUT2D eigenvalue weighted by atomic mass is 32.1. The van der Waals surface area contributed by atoms with Crippen molar-refractivity contribution in [2.75, 3.05) is 4.90 Å². The quantitative estimate of drug-likeness (QED) is 0.203. The van der Waals surface area contributed by atoms with E-state index in [0.717, 1.165) is 40.6 Å². The van der Waals surface area contributed by atoms with Crippen molar-refractivity contribution in [2.45, 2.75) is 46.2 Å². The van der Waals surface area contributed by atoms with Gasteiger partial charge < -0.3 is 19.5 Å². The van der Waals surface area contributed by atoms with Crippen LogP contribution >= 0.6 is 12.2 Å². The Hall–Kier alpha value is -4.42. The molecule has 6 rings (SSSR count). The second kappa shape index (κ2) is 11.2. The van der Waals surface area contributed by atoms with Crippen molar-refractivity contribution < 1.29 is 4.74 Å². The molecule has 2 aromatic heterocycles. The van der Waals surface area contributed by atoms with Gasteiger partial charge in [0.05, 0.1) is 17.8 Å². The molecular formula is C35H34N4OS. The molecule has 1 N–H and O–H groups in total. The smallest absolute Gasteiger partial charge is 0.174 e. The Morgan fingerprint density at radius 1 is 0.854 bits per heavy atom. The maximum absolute atomic E-state index is 6.18. The zero-order chi connectivity index (χ0) is 28.5. The van der Waals surface area contributed by atoms with Gasteiger partial charge in [-0.15, -0.1) is 0 Å². The van der Waals surface area contributed by atoms with Gasteiger partial charge in [0, 0.05) is 29.0 Å². The lowest BCUT2D eigenvalue weighted by Crippen LogP contribution is -2.29. The van der Waals surface area contributed by atoms with Crippen LogP contribution in [0, 0.1) is 20.8 Å². The molecule has 0 bridgehead atoms. The van der Waals surface area contributed by atoms with Gasteiger partial charge in [0.15, 0.2) is 5.11 Å². The Morgan fingerprint density at radius 3 is 2.24 bits per heavy atom. The van der Waals surface area contributed by atoms with E-state index in [-0.39, 0.29) is 12.1 Å². The van der Waals surface area contributed by atoms with Crippen LogP contribution in [0.5, 0.6) is 11.5 Å². The third kappa shape index (κ3) is 5.11. The highest BCUT2D eigenvalue weighted by molar-refractivity contribution is 7.80. The molecule has 6 heteroatoms. The molecule has 2 atom stereocenters. The Kier molecular flexibility index (Phi) is 7.33. The van der Waals surface area contributed by atoms with Crippen molar-refractivity contribution in [2.24, 2.45) is 0 Å². The van der Waals surface area contributed by atoms with Gasteiger partial charge in [-0.2, -0.15) is 0 Å². The first-order valence-corrected chi connectivity index (χ1v) is 14.5. The summed E-state index contributed by atoms with van der Waals surface area (Å²) in [6.07, 6.45) is 2.87. The van der Waals surface area contributed by atoms with Crippen LogP contribution in [0.3, 0.4) is 0 Å². The summed E-state index contributed by atoms with van der Waals surface area (Å²) < 4.78 is 8.52. The number of aryl methyl sites for hydroxylation is 3. The highest BCUT2D eigenvalue weighted by Gasteiger charge is 2.42. The minimum absolute atomic E-state index is 0.0876. The molecule has 0 aliphatic carbocycles. The number of hydrogen-bond donors (Lipinski definition) is 1. The second-order valence-corrected chi connectivity index (χ2v) is 10.9.